The lowest BCUT2D eigenvalue weighted by Gasteiger charge is -2.17. The minimum atomic E-state index is -1.23. The number of halogens is 3. The first-order valence-corrected chi connectivity index (χ1v) is 3.94. The van der Waals surface area contributed by atoms with Gasteiger partial charge >= 0.3 is 0 Å². The second kappa shape index (κ2) is 4.62. The van der Waals surface area contributed by atoms with Gasteiger partial charge in [-0.25, -0.2) is 0 Å². The molecule has 0 amide bonds. The van der Waals surface area contributed by atoms with Crippen molar-refractivity contribution in [3.63, 3.8) is 0 Å². The Kier molecular flexibility index (Phi) is 4.99. The number of hydrogen-bond acceptors (Lipinski definition) is 2. The topological polar surface area (TPSA) is 40.5 Å². The van der Waals surface area contributed by atoms with Crippen molar-refractivity contribution in [1.82, 2.24) is 0 Å². The first-order chi connectivity index (χ1) is 4.52. The summed E-state index contributed by atoms with van der Waals surface area (Å²) in [7, 11) is 0. The molecule has 0 spiro atoms. The quantitative estimate of drug-likeness (QED) is 0.679. The van der Waals surface area contributed by atoms with Crippen molar-refractivity contribution in [2.75, 3.05) is 13.2 Å². The summed E-state index contributed by atoms with van der Waals surface area (Å²) in [6, 6.07) is 0. The molecule has 5 heteroatoms. The highest BCUT2D eigenvalue weighted by molar-refractivity contribution is 6.48. The highest BCUT2D eigenvalue weighted by Gasteiger charge is 2.26. The van der Waals surface area contributed by atoms with E-state index in [4.69, 9.17) is 45.0 Å². The van der Waals surface area contributed by atoms with Crippen molar-refractivity contribution >= 4 is 34.8 Å². The van der Waals surface area contributed by atoms with E-state index in [2.05, 4.69) is 0 Å². The van der Waals surface area contributed by atoms with Gasteiger partial charge in [0.05, 0.1) is 18.6 Å². The van der Waals surface area contributed by atoms with Crippen LogP contribution >= 0.6 is 34.8 Å². The minimum Gasteiger partial charge on any atom is -0.395 e. The summed E-state index contributed by atoms with van der Waals surface area (Å²) in [4.78, 5) is 0. The lowest BCUT2D eigenvalue weighted by atomic mass is 10.2. The van der Waals surface area contributed by atoms with Gasteiger partial charge in [-0.3, -0.25) is 0 Å². The molecule has 1 atom stereocenters. The van der Waals surface area contributed by atoms with Crippen LogP contribution in [0, 0.1) is 0 Å². The van der Waals surface area contributed by atoms with Crippen molar-refractivity contribution in [3.05, 3.63) is 0 Å². The van der Waals surface area contributed by atoms with Crippen LogP contribution in [0.2, 0.25) is 0 Å². The van der Waals surface area contributed by atoms with Gasteiger partial charge in [0, 0.05) is 6.42 Å². The van der Waals surface area contributed by atoms with Gasteiger partial charge in [-0.1, -0.05) is 23.2 Å². The molecule has 0 aromatic carbocycles. The van der Waals surface area contributed by atoms with E-state index in [-0.39, 0.29) is 19.6 Å². The van der Waals surface area contributed by atoms with Gasteiger partial charge in [0.15, 0.2) is 0 Å². The SMILES string of the molecule is OCC(Cl)CC(Cl)(Cl)CO. The van der Waals surface area contributed by atoms with Crippen molar-refractivity contribution in [2.45, 2.75) is 16.1 Å². The molecule has 0 radical (unpaired) electrons. The summed E-state index contributed by atoms with van der Waals surface area (Å²) in [6.07, 6.45) is 0.171. The molecule has 0 aromatic rings. The molecule has 0 bridgehead atoms. The van der Waals surface area contributed by atoms with Gasteiger partial charge in [0.1, 0.15) is 4.33 Å². The zero-order chi connectivity index (χ0) is 8.20. The molecular weight excluding hydrogens is 198 g/mol. The Balaban J connectivity index is 3.64. The number of hydrogen-bond donors (Lipinski definition) is 2. The van der Waals surface area contributed by atoms with Crippen molar-refractivity contribution < 1.29 is 10.2 Å². The zero-order valence-electron chi connectivity index (χ0n) is 5.23. The van der Waals surface area contributed by atoms with Crippen LogP contribution in [0.1, 0.15) is 6.42 Å². The average Bonchev–Trinajstić information content (AvgIpc) is 1.87. The molecule has 10 heavy (non-hydrogen) atoms. The molecule has 0 aliphatic heterocycles. The van der Waals surface area contributed by atoms with Gasteiger partial charge in [0.2, 0.25) is 0 Å². The minimum absolute atomic E-state index is 0.171. The van der Waals surface area contributed by atoms with E-state index in [1.807, 2.05) is 0 Å². The standard InChI is InChI=1S/C5H9Cl3O2/c6-4(2-9)1-5(7,8)3-10/h4,9-10H,1-3H2. The zero-order valence-corrected chi connectivity index (χ0v) is 7.49. The van der Waals surface area contributed by atoms with E-state index in [9.17, 15) is 0 Å². The molecule has 0 aromatic heterocycles. The molecule has 62 valence electrons. The average molecular weight is 207 g/mol. The van der Waals surface area contributed by atoms with Crippen molar-refractivity contribution in [3.8, 4) is 0 Å². The van der Waals surface area contributed by atoms with Crippen LogP contribution < -0.4 is 0 Å². The molecule has 0 aliphatic carbocycles. The number of rotatable bonds is 4. The number of alkyl halides is 3. The second-order valence-corrected chi connectivity index (χ2v) is 4.26. The molecule has 0 fully saturated rings. The van der Waals surface area contributed by atoms with E-state index in [0.29, 0.717) is 0 Å². The monoisotopic (exact) mass is 206 g/mol. The molecule has 0 aliphatic rings. The third-order valence-electron chi connectivity index (χ3n) is 0.950. The van der Waals surface area contributed by atoms with Crippen LogP contribution in [-0.4, -0.2) is 33.1 Å². The highest BCUT2D eigenvalue weighted by Crippen LogP contribution is 2.27. The van der Waals surface area contributed by atoms with Crippen LogP contribution in [0.15, 0.2) is 0 Å². The Hall–Kier alpha value is 0.790. The fourth-order valence-electron chi connectivity index (χ4n) is 0.453. The molecule has 0 saturated carbocycles. The van der Waals surface area contributed by atoms with E-state index >= 15 is 0 Å². The van der Waals surface area contributed by atoms with Crippen LogP contribution in [-0.2, 0) is 0 Å². The lowest BCUT2D eigenvalue weighted by Crippen LogP contribution is -2.24. The Bertz CT molecular complexity index is 96.9. The Morgan fingerprint density at radius 2 is 1.80 bits per heavy atom. The maximum Gasteiger partial charge on any atom is 0.142 e. The molecular formula is C5H9Cl3O2. The molecule has 2 N–H and O–H groups in total. The Morgan fingerprint density at radius 3 is 2.10 bits per heavy atom. The van der Waals surface area contributed by atoms with Crippen LogP contribution in [0.25, 0.3) is 0 Å². The van der Waals surface area contributed by atoms with Crippen LogP contribution in [0.5, 0.6) is 0 Å². The van der Waals surface area contributed by atoms with Crippen molar-refractivity contribution in [2.24, 2.45) is 0 Å². The third kappa shape index (κ3) is 4.58. The molecule has 0 saturated heterocycles. The number of aliphatic hydroxyl groups is 2. The summed E-state index contributed by atoms with van der Waals surface area (Å²) >= 11 is 16.5. The van der Waals surface area contributed by atoms with Gasteiger partial charge in [-0.05, 0) is 0 Å². The molecule has 0 heterocycles. The summed E-state index contributed by atoms with van der Waals surface area (Å²) in [5.74, 6) is 0. The summed E-state index contributed by atoms with van der Waals surface area (Å²) < 4.78 is -1.23. The largest absolute Gasteiger partial charge is 0.395 e. The van der Waals surface area contributed by atoms with E-state index in [1.165, 1.54) is 0 Å². The predicted molar refractivity (Wildman–Crippen MR) is 42.9 cm³/mol. The van der Waals surface area contributed by atoms with Crippen LogP contribution in [0.3, 0.4) is 0 Å². The van der Waals surface area contributed by atoms with Crippen molar-refractivity contribution in [1.29, 1.82) is 0 Å². The summed E-state index contributed by atoms with van der Waals surface area (Å²) in [6.45, 7) is -0.553. The smallest absolute Gasteiger partial charge is 0.142 e. The van der Waals surface area contributed by atoms with Gasteiger partial charge in [0.25, 0.3) is 0 Å². The van der Waals surface area contributed by atoms with Gasteiger partial charge in [-0.2, -0.15) is 0 Å². The fraction of sp³-hybridized carbons (Fsp3) is 1.00. The number of aliphatic hydroxyl groups excluding tert-OH is 2. The van der Waals surface area contributed by atoms with E-state index in [1.54, 1.807) is 0 Å². The summed E-state index contributed by atoms with van der Waals surface area (Å²) in [5, 5.41) is 16.5. The first-order valence-electron chi connectivity index (χ1n) is 2.75. The molecule has 1 unspecified atom stereocenters. The fourth-order valence-corrected chi connectivity index (χ4v) is 1.25. The van der Waals surface area contributed by atoms with Gasteiger partial charge < -0.3 is 10.2 Å². The Labute approximate surface area is 74.7 Å². The summed E-state index contributed by atoms with van der Waals surface area (Å²) in [5.41, 5.74) is 0. The highest BCUT2D eigenvalue weighted by atomic mass is 35.5. The molecule has 2 nitrogen and oxygen atoms in total. The second-order valence-electron chi connectivity index (χ2n) is 2.00. The molecule has 0 rings (SSSR count). The van der Waals surface area contributed by atoms with E-state index in [0.717, 1.165) is 0 Å². The maximum absolute atomic E-state index is 8.53. The normalized spacial score (nSPS) is 15.3. The van der Waals surface area contributed by atoms with Gasteiger partial charge in [-0.15, -0.1) is 11.6 Å². The van der Waals surface area contributed by atoms with Crippen LogP contribution in [0.4, 0.5) is 0 Å². The lowest BCUT2D eigenvalue weighted by molar-refractivity contribution is 0.251. The Morgan fingerprint density at radius 1 is 1.30 bits per heavy atom. The first kappa shape index (κ1) is 10.8. The maximum atomic E-state index is 8.53. The van der Waals surface area contributed by atoms with E-state index < -0.39 is 9.71 Å². The predicted octanol–water partition coefficient (Wildman–Crippen LogP) is 1.14. The third-order valence-corrected chi connectivity index (χ3v) is 1.79.